The Kier molecular flexibility index (Phi) is 5.41. The Labute approximate surface area is 145 Å². The van der Waals surface area contributed by atoms with Crippen molar-refractivity contribution in [2.45, 2.75) is 26.3 Å². The highest BCUT2D eigenvalue weighted by molar-refractivity contribution is 5.58. The van der Waals surface area contributed by atoms with E-state index < -0.39 is 0 Å². The van der Waals surface area contributed by atoms with Gasteiger partial charge in [-0.1, -0.05) is 0 Å². The number of aryl methyl sites for hydroxylation is 3. The molecule has 0 atom stereocenters. The maximum atomic E-state index is 5.95. The molecular formula is C19H30N5+. The lowest BCUT2D eigenvalue weighted by atomic mass is 10.1. The fourth-order valence-corrected chi connectivity index (χ4v) is 3.42. The summed E-state index contributed by atoms with van der Waals surface area (Å²) in [5.74, 6) is 0. The van der Waals surface area contributed by atoms with Gasteiger partial charge in [0.05, 0.1) is 13.6 Å². The van der Waals surface area contributed by atoms with Crippen molar-refractivity contribution in [2.75, 3.05) is 43.4 Å². The van der Waals surface area contributed by atoms with Gasteiger partial charge in [0.1, 0.15) is 12.4 Å². The molecule has 1 aromatic heterocycles. The number of nitrogens with zero attached hydrogens (tertiary/aromatic N) is 4. The van der Waals surface area contributed by atoms with E-state index >= 15 is 0 Å². The van der Waals surface area contributed by atoms with Gasteiger partial charge in [-0.15, -0.1) is 0 Å². The standard InChI is InChI=1S/C19H30N5/c1-17-15-18(5-6-19(17)20)24-10-4-8-22(13-14-24)7-3-9-23-12-11-21(2)16-23/h5-6,11-12,15-16H,3-4,7-10,13-14,20H2,1-2H3/q+1. The maximum Gasteiger partial charge on any atom is 0.243 e. The Hall–Kier alpha value is -2.01. The molecule has 24 heavy (non-hydrogen) atoms. The minimum Gasteiger partial charge on any atom is -0.399 e. The first-order valence-electron chi connectivity index (χ1n) is 8.96. The third kappa shape index (κ3) is 4.29. The van der Waals surface area contributed by atoms with Gasteiger partial charge in [0, 0.05) is 37.6 Å². The fourth-order valence-electron chi connectivity index (χ4n) is 3.42. The topological polar surface area (TPSA) is 41.3 Å². The molecule has 0 bridgehead atoms. The van der Waals surface area contributed by atoms with Crippen molar-refractivity contribution < 1.29 is 4.57 Å². The summed E-state index contributed by atoms with van der Waals surface area (Å²) in [6, 6.07) is 6.41. The van der Waals surface area contributed by atoms with Crippen LogP contribution in [0.4, 0.5) is 11.4 Å². The third-order valence-corrected chi connectivity index (χ3v) is 4.92. The van der Waals surface area contributed by atoms with E-state index in [0.29, 0.717) is 0 Å². The lowest BCUT2D eigenvalue weighted by Crippen LogP contribution is -2.31. The second-order valence-corrected chi connectivity index (χ2v) is 6.89. The van der Waals surface area contributed by atoms with Crippen molar-refractivity contribution in [1.82, 2.24) is 9.47 Å². The third-order valence-electron chi connectivity index (χ3n) is 4.92. The van der Waals surface area contributed by atoms with Gasteiger partial charge in [0.25, 0.3) is 0 Å². The van der Waals surface area contributed by atoms with E-state index in [1.165, 1.54) is 37.2 Å². The van der Waals surface area contributed by atoms with Crippen LogP contribution in [-0.4, -0.2) is 42.2 Å². The van der Waals surface area contributed by atoms with Crippen LogP contribution in [-0.2, 0) is 13.6 Å². The van der Waals surface area contributed by atoms with Crippen LogP contribution in [0.25, 0.3) is 0 Å². The summed E-state index contributed by atoms with van der Waals surface area (Å²) in [5, 5.41) is 0. The van der Waals surface area contributed by atoms with E-state index in [1.807, 2.05) is 6.07 Å². The van der Waals surface area contributed by atoms with Gasteiger partial charge in [0.15, 0.2) is 0 Å². The average molecular weight is 328 g/mol. The van der Waals surface area contributed by atoms with E-state index in [9.17, 15) is 0 Å². The summed E-state index contributed by atoms with van der Waals surface area (Å²) in [4.78, 5) is 5.10. The Morgan fingerprint density at radius 2 is 2.00 bits per heavy atom. The minimum absolute atomic E-state index is 0.883. The second-order valence-electron chi connectivity index (χ2n) is 6.89. The van der Waals surface area contributed by atoms with Gasteiger partial charge in [0.2, 0.25) is 6.33 Å². The van der Waals surface area contributed by atoms with Gasteiger partial charge in [-0.2, -0.15) is 0 Å². The second kappa shape index (κ2) is 7.71. The normalized spacial score (nSPS) is 16.3. The summed E-state index contributed by atoms with van der Waals surface area (Å²) >= 11 is 0. The molecule has 1 aromatic carbocycles. The summed E-state index contributed by atoms with van der Waals surface area (Å²) < 4.78 is 4.36. The number of aromatic nitrogens is 2. The van der Waals surface area contributed by atoms with Crippen LogP contribution < -0.4 is 15.2 Å². The number of nitrogen functional groups attached to an aromatic ring is 1. The molecule has 2 heterocycles. The average Bonchev–Trinajstić information content (AvgIpc) is 2.83. The molecule has 1 aliphatic heterocycles. The zero-order valence-corrected chi connectivity index (χ0v) is 15.0. The van der Waals surface area contributed by atoms with Crippen molar-refractivity contribution in [3.05, 3.63) is 42.5 Å². The molecule has 0 amide bonds. The lowest BCUT2D eigenvalue weighted by Gasteiger charge is -2.24. The molecule has 0 saturated carbocycles. The molecule has 0 aliphatic carbocycles. The summed E-state index contributed by atoms with van der Waals surface area (Å²) in [5.41, 5.74) is 9.31. The van der Waals surface area contributed by atoms with Gasteiger partial charge in [-0.05, 0) is 50.1 Å². The minimum atomic E-state index is 0.883. The van der Waals surface area contributed by atoms with E-state index in [-0.39, 0.29) is 0 Å². The van der Waals surface area contributed by atoms with E-state index in [0.717, 1.165) is 31.9 Å². The van der Waals surface area contributed by atoms with Crippen molar-refractivity contribution in [3.8, 4) is 0 Å². The van der Waals surface area contributed by atoms with Gasteiger partial charge >= 0.3 is 0 Å². The van der Waals surface area contributed by atoms with Crippen molar-refractivity contribution in [2.24, 2.45) is 7.05 Å². The quantitative estimate of drug-likeness (QED) is 0.672. The highest BCUT2D eigenvalue weighted by Gasteiger charge is 2.15. The van der Waals surface area contributed by atoms with Crippen LogP contribution in [0.15, 0.2) is 36.9 Å². The molecule has 1 saturated heterocycles. The van der Waals surface area contributed by atoms with Crippen LogP contribution in [0.3, 0.4) is 0 Å². The maximum absolute atomic E-state index is 5.95. The fraction of sp³-hybridized carbons (Fsp3) is 0.526. The summed E-state index contributed by atoms with van der Waals surface area (Å²) in [6.07, 6.45) is 8.82. The van der Waals surface area contributed by atoms with Crippen molar-refractivity contribution in [3.63, 3.8) is 0 Å². The highest BCUT2D eigenvalue weighted by atomic mass is 15.2. The molecule has 5 nitrogen and oxygen atoms in total. The Balaban J connectivity index is 1.48. The van der Waals surface area contributed by atoms with Crippen LogP contribution in [0.2, 0.25) is 0 Å². The summed E-state index contributed by atoms with van der Waals surface area (Å²) in [7, 11) is 2.07. The molecule has 1 fully saturated rings. The number of benzene rings is 1. The molecule has 0 radical (unpaired) electrons. The number of hydrogen-bond acceptors (Lipinski definition) is 3. The van der Waals surface area contributed by atoms with Gasteiger partial charge in [-0.3, -0.25) is 0 Å². The lowest BCUT2D eigenvalue weighted by molar-refractivity contribution is -0.671. The predicted molar refractivity (Wildman–Crippen MR) is 99.1 cm³/mol. The van der Waals surface area contributed by atoms with Gasteiger partial charge in [-0.25, -0.2) is 9.13 Å². The number of hydrogen-bond donors (Lipinski definition) is 1. The molecule has 2 N–H and O–H groups in total. The monoisotopic (exact) mass is 328 g/mol. The number of rotatable bonds is 5. The Bertz CT molecular complexity index is 664. The van der Waals surface area contributed by atoms with E-state index in [4.69, 9.17) is 5.73 Å². The largest absolute Gasteiger partial charge is 0.399 e. The first kappa shape index (κ1) is 16.8. The number of imidazole rings is 1. The van der Waals surface area contributed by atoms with Crippen LogP contribution in [0.1, 0.15) is 18.4 Å². The highest BCUT2D eigenvalue weighted by Crippen LogP contribution is 2.21. The van der Waals surface area contributed by atoms with Gasteiger partial charge < -0.3 is 15.5 Å². The smallest absolute Gasteiger partial charge is 0.243 e. The molecule has 0 unspecified atom stereocenters. The van der Waals surface area contributed by atoms with Crippen LogP contribution in [0.5, 0.6) is 0 Å². The number of anilines is 2. The molecule has 130 valence electrons. The molecule has 2 aromatic rings. The molecule has 5 heteroatoms. The number of nitrogens with two attached hydrogens (primary N) is 1. The molecular weight excluding hydrogens is 298 g/mol. The Morgan fingerprint density at radius 1 is 1.12 bits per heavy atom. The zero-order chi connectivity index (χ0) is 16.9. The van der Waals surface area contributed by atoms with Crippen molar-refractivity contribution in [1.29, 1.82) is 0 Å². The first-order chi connectivity index (χ1) is 11.6. The van der Waals surface area contributed by atoms with Crippen molar-refractivity contribution >= 4 is 11.4 Å². The molecule has 0 spiro atoms. The zero-order valence-electron chi connectivity index (χ0n) is 15.0. The van der Waals surface area contributed by atoms with E-state index in [2.05, 4.69) is 63.8 Å². The molecule has 3 rings (SSSR count). The van der Waals surface area contributed by atoms with E-state index in [1.54, 1.807) is 0 Å². The van der Waals surface area contributed by atoms with Crippen LogP contribution >= 0.6 is 0 Å². The van der Waals surface area contributed by atoms with Crippen LogP contribution in [0, 0.1) is 6.92 Å². The SMILES string of the molecule is Cc1cc(N2CCCN(CCCn3cc[n+](C)c3)CC2)ccc1N. The Morgan fingerprint density at radius 3 is 2.75 bits per heavy atom. The summed E-state index contributed by atoms with van der Waals surface area (Å²) in [6.45, 7) is 8.93. The first-order valence-corrected chi connectivity index (χ1v) is 8.96. The predicted octanol–water partition coefficient (Wildman–Crippen LogP) is 1.81. The molecule has 1 aliphatic rings.